The summed E-state index contributed by atoms with van der Waals surface area (Å²) in [6.07, 6.45) is 4.97. The summed E-state index contributed by atoms with van der Waals surface area (Å²) >= 11 is 1.61. The van der Waals surface area contributed by atoms with E-state index in [0.717, 1.165) is 37.7 Å². The number of carboxylic acids is 1. The van der Waals surface area contributed by atoms with Crippen molar-refractivity contribution in [1.29, 1.82) is 0 Å². The summed E-state index contributed by atoms with van der Waals surface area (Å²) in [5.74, 6) is -0.731. The van der Waals surface area contributed by atoms with E-state index in [2.05, 4.69) is 5.32 Å². The number of amides is 1. The largest absolute Gasteiger partial charge is 0.481 e. The number of carbonyl (C=O) groups is 2. The van der Waals surface area contributed by atoms with Crippen molar-refractivity contribution in [1.82, 2.24) is 5.32 Å². The Hall–Kier alpha value is -1.36. The molecule has 0 radical (unpaired) electrons. The molecular formula is C15H23NO3S. The maximum atomic E-state index is 11.9. The van der Waals surface area contributed by atoms with Crippen molar-refractivity contribution < 1.29 is 14.7 Å². The molecule has 0 fully saturated rings. The molecule has 1 heterocycles. The first kappa shape index (κ1) is 16.7. The highest BCUT2D eigenvalue weighted by atomic mass is 32.1. The fourth-order valence-electron chi connectivity index (χ4n) is 1.97. The van der Waals surface area contributed by atoms with Gasteiger partial charge < -0.3 is 10.4 Å². The molecule has 1 amide bonds. The van der Waals surface area contributed by atoms with Crippen LogP contribution in [0.3, 0.4) is 0 Å². The molecule has 1 aromatic rings. The van der Waals surface area contributed by atoms with Crippen molar-refractivity contribution in [3.63, 3.8) is 0 Å². The molecule has 1 rings (SSSR count). The molecule has 5 heteroatoms. The first-order valence-electron chi connectivity index (χ1n) is 7.13. The van der Waals surface area contributed by atoms with Gasteiger partial charge in [-0.3, -0.25) is 9.59 Å². The summed E-state index contributed by atoms with van der Waals surface area (Å²) in [6.45, 7) is 2.62. The van der Waals surface area contributed by atoms with E-state index in [-0.39, 0.29) is 18.2 Å². The third-order valence-electron chi connectivity index (χ3n) is 3.30. The second-order valence-corrected chi connectivity index (χ2v) is 5.76. The van der Waals surface area contributed by atoms with Crippen molar-refractivity contribution in [2.75, 3.05) is 6.54 Å². The van der Waals surface area contributed by atoms with Crippen molar-refractivity contribution >= 4 is 23.2 Å². The third-order valence-corrected chi connectivity index (χ3v) is 4.00. The zero-order valence-electron chi connectivity index (χ0n) is 11.9. The van der Waals surface area contributed by atoms with E-state index in [0.29, 0.717) is 6.54 Å². The molecule has 0 saturated carbocycles. The molecule has 0 saturated heterocycles. The zero-order valence-corrected chi connectivity index (χ0v) is 12.7. The zero-order chi connectivity index (χ0) is 14.8. The van der Waals surface area contributed by atoms with Gasteiger partial charge in [0.1, 0.15) is 0 Å². The summed E-state index contributed by atoms with van der Waals surface area (Å²) < 4.78 is 0. The first-order chi connectivity index (χ1) is 9.61. The number of carbonyl (C=O) groups excluding carboxylic acids is 1. The Morgan fingerprint density at radius 2 is 1.95 bits per heavy atom. The van der Waals surface area contributed by atoms with Gasteiger partial charge in [-0.2, -0.15) is 11.3 Å². The van der Waals surface area contributed by atoms with Crippen LogP contribution in [0.15, 0.2) is 16.8 Å². The van der Waals surface area contributed by atoms with Crippen LogP contribution in [0.25, 0.3) is 0 Å². The summed E-state index contributed by atoms with van der Waals surface area (Å²) in [5, 5.41) is 15.4. The van der Waals surface area contributed by atoms with Crippen LogP contribution in [0.4, 0.5) is 0 Å². The Morgan fingerprint density at radius 3 is 2.60 bits per heavy atom. The van der Waals surface area contributed by atoms with Gasteiger partial charge in [0.15, 0.2) is 0 Å². The van der Waals surface area contributed by atoms with Crippen LogP contribution in [0.1, 0.15) is 56.9 Å². The number of thiophene rings is 1. The van der Waals surface area contributed by atoms with Crippen molar-refractivity contribution in [3.05, 3.63) is 22.4 Å². The lowest BCUT2D eigenvalue weighted by atomic mass is 10.0. The molecule has 0 aliphatic carbocycles. The summed E-state index contributed by atoms with van der Waals surface area (Å²) in [4.78, 5) is 22.2. The predicted molar refractivity (Wildman–Crippen MR) is 81.1 cm³/mol. The summed E-state index contributed by atoms with van der Waals surface area (Å²) in [6, 6.07) is 1.98. The fourth-order valence-corrected chi connectivity index (χ4v) is 2.72. The molecule has 2 N–H and O–H groups in total. The molecule has 1 aromatic heterocycles. The highest BCUT2D eigenvalue weighted by molar-refractivity contribution is 7.08. The minimum atomic E-state index is -0.723. The summed E-state index contributed by atoms with van der Waals surface area (Å²) in [7, 11) is 0. The fraction of sp³-hybridized carbons (Fsp3) is 0.600. The number of aliphatic carboxylic acids is 1. The van der Waals surface area contributed by atoms with Crippen LogP contribution in [0, 0.1) is 0 Å². The molecule has 0 bridgehead atoms. The smallest absolute Gasteiger partial charge is 0.303 e. The van der Waals surface area contributed by atoms with E-state index in [1.54, 1.807) is 11.3 Å². The van der Waals surface area contributed by atoms with Crippen LogP contribution < -0.4 is 5.32 Å². The van der Waals surface area contributed by atoms with E-state index in [1.807, 2.05) is 23.8 Å². The van der Waals surface area contributed by atoms with Crippen LogP contribution >= 0.6 is 11.3 Å². The van der Waals surface area contributed by atoms with Gasteiger partial charge in [0, 0.05) is 13.0 Å². The normalized spacial score (nSPS) is 12.1. The molecule has 20 heavy (non-hydrogen) atoms. The molecular weight excluding hydrogens is 274 g/mol. The Bertz CT molecular complexity index is 403. The summed E-state index contributed by atoms with van der Waals surface area (Å²) in [5.41, 5.74) is 1.07. The number of hydrogen-bond acceptors (Lipinski definition) is 3. The van der Waals surface area contributed by atoms with Crippen molar-refractivity contribution in [2.24, 2.45) is 0 Å². The van der Waals surface area contributed by atoms with Crippen LogP contribution in [0.5, 0.6) is 0 Å². The van der Waals surface area contributed by atoms with E-state index < -0.39 is 5.97 Å². The van der Waals surface area contributed by atoms with Crippen LogP contribution in [-0.4, -0.2) is 23.5 Å². The second-order valence-electron chi connectivity index (χ2n) is 4.98. The van der Waals surface area contributed by atoms with Gasteiger partial charge in [-0.15, -0.1) is 0 Å². The van der Waals surface area contributed by atoms with Crippen molar-refractivity contribution in [3.8, 4) is 0 Å². The Balaban J connectivity index is 2.01. The number of hydrogen-bond donors (Lipinski definition) is 2. The third kappa shape index (κ3) is 6.70. The SMILES string of the molecule is CC(C(=O)NCCCCCCCC(=O)O)c1ccsc1. The minimum absolute atomic E-state index is 0.0780. The number of rotatable bonds is 10. The van der Waals surface area contributed by atoms with E-state index in [1.165, 1.54) is 0 Å². The van der Waals surface area contributed by atoms with Gasteiger partial charge in [0.2, 0.25) is 5.91 Å². The predicted octanol–water partition coefficient (Wildman–Crippen LogP) is 3.39. The standard InChI is InChI=1S/C15H23NO3S/c1-12(13-8-10-20-11-13)15(19)16-9-6-4-2-3-5-7-14(17)18/h8,10-12H,2-7,9H2,1H3,(H,16,19)(H,17,18). The molecule has 0 aliphatic heterocycles. The second kappa shape index (κ2) is 9.53. The van der Waals surface area contributed by atoms with Crippen LogP contribution in [-0.2, 0) is 9.59 Å². The molecule has 1 unspecified atom stereocenters. The van der Waals surface area contributed by atoms with E-state index in [4.69, 9.17) is 5.11 Å². The number of unbranched alkanes of at least 4 members (excludes halogenated alkanes) is 4. The lowest BCUT2D eigenvalue weighted by Crippen LogP contribution is -2.28. The lowest BCUT2D eigenvalue weighted by molar-refractivity contribution is -0.137. The van der Waals surface area contributed by atoms with Gasteiger partial charge in [-0.1, -0.05) is 19.3 Å². The van der Waals surface area contributed by atoms with Gasteiger partial charge in [0.25, 0.3) is 0 Å². The molecule has 4 nitrogen and oxygen atoms in total. The number of carboxylic acid groups (broad SMARTS) is 1. The van der Waals surface area contributed by atoms with Crippen molar-refractivity contribution in [2.45, 2.75) is 51.4 Å². The van der Waals surface area contributed by atoms with Crippen LogP contribution in [0.2, 0.25) is 0 Å². The molecule has 0 aromatic carbocycles. The average Bonchev–Trinajstić information content (AvgIpc) is 2.94. The maximum absolute atomic E-state index is 11.9. The quantitative estimate of drug-likeness (QED) is 0.650. The highest BCUT2D eigenvalue weighted by Gasteiger charge is 2.14. The van der Waals surface area contributed by atoms with E-state index in [9.17, 15) is 9.59 Å². The first-order valence-corrected chi connectivity index (χ1v) is 8.07. The van der Waals surface area contributed by atoms with Gasteiger partial charge in [-0.05, 0) is 42.2 Å². The topological polar surface area (TPSA) is 66.4 Å². The molecule has 112 valence electrons. The van der Waals surface area contributed by atoms with E-state index >= 15 is 0 Å². The molecule has 0 aliphatic rings. The maximum Gasteiger partial charge on any atom is 0.303 e. The molecule has 1 atom stereocenters. The Kier molecular flexibility index (Phi) is 7.95. The van der Waals surface area contributed by atoms with Gasteiger partial charge in [0.05, 0.1) is 5.92 Å². The minimum Gasteiger partial charge on any atom is -0.481 e. The Labute approximate surface area is 124 Å². The lowest BCUT2D eigenvalue weighted by Gasteiger charge is -2.10. The molecule has 0 spiro atoms. The van der Waals surface area contributed by atoms with Gasteiger partial charge >= 0.3 is 5.97 Å². The highest BCUT2D eigenvalue weighted by Crippen LogP contribution is 2.18. The number of nitrogens with one attached hydrogen (secondary N) is 1. The monoisotopic (exact) mass is 297 g/mol. The Morgan fingerprint density at radius 1 is 1.25 bits per heavy atom. The average molecular weight is 297 g/mol. The van der Waals surface area contributed by atoms with Gasteiger partial charge in [-0.25, -0.2) is 0 Å².